The van der Waals surface area contributed by atoms with Crippen molar-refractivity contribution in [3.63, 3.8) is 0 Å². The Kier molecular flexibility index (Phi) is 5.46. The number of rotatable bonds is 5. The van der Waals surface area contributed by atoms with Gasteiger partial charge < -0.3 is 9.73 Å². The number of hydrogen-bond donors (Lipinski definition) is 1. The second-order valence-electron chi connectivity index (χ2n) is 7.15. The van der Waals surface area contributed by atoms with Crippen molar-refractivity contribution in [2.75, 3.05) is 5.32 Å². The summed E-state index contributed by atoms with van der Waals surface area (Å²) in [6.45, 7) is 1.43. The first-order valence-corrected chi connectivity index (χ1v) is 11.7. The molecule has 0 aliphatic rings. The summed E-state index contributed by atoms with van der Waals surface area (Å²) in [6.07, 6.45) is 1.58. The number of thioether (sulfide) groups is 1. The molecule has 0 unspecified atom stereocenters. The van der Waals surface area contributed by atoms with Gasteiger partial charge in [0.05, 0.1) is 5.39 Å². The van der Waals surface area contributed by atoms with E-state index in [1.54, 1.807) is 41.6 Å². The summed E-state index contributed by atoms with van der Waals surface area (Å²) in [5, 5.41) is 7.53. The summed E-state index contributed by atoms with van der Waals surface area (Å²) < 4.78 is 5.37. The molecule has 3 aromatic heterocycles. The van der Waals surface area contributed by atoms with Crippen molar-refractivity contribution >= 4 is 55.9 Å². The molecular formula is C24H17N3O3S2. The van der Waals surface area contributed by atoms with Crippen molar-refractivity contribution in [3.8, 4) is 11.1 Å². The van der Waals surface area contributed by atoms with Gasteiger partial charge in [-0.05, 0) is 23.3 Å². The van der Waals surface area contributed by atoms with Crippen LogP contribution in [0.15, 0.2) is 80.5 Å². The molecule has 0 radical (unpaired) electrons. The first-order valence-electron chi connectivity index (χ1n) is 9.83. The van der Waals surface area contributed by atoms with Gasteiger partial charge in [0, 0.05) is 46.8 Å². The van der Waals surface area contributed by atoms with E-state index in [1.165, 1.54) is 13.0 Å². The highest BCUT2D eigenvalue weighted by atomic mass is 32.2. The van der Waals surface area contributed by atoms with Crippen LogP contribution in [0.1, 0.15) is 12.5 Å². The second kappa shape index (κ2) is 8.57. The van der Waals surface area contributed by atoms with E-state index in [2.05, 4.69) is 32.8 Å². The molecule has 8 heteroatoms. The van der Waals surface area contributed by atoms with Crippen LogP contribution in [0.5, 0.6) is 0 Å². The summed E-state index contributed by atoms with van der Waals surface area (Å²) in [7, 11) is 0. The molecule has 0 spiro atoms. The number of thiophene rings is 1. The number of nitrogens with zero attached hydrogens (tertiary/aromatic N) is 2. The van der Waals surface area contributed by atoms with Crippen molar-refractivity contribution in [1.29, 1.82) is 0 Å². The fourth-order valence-corrected chi connectivity index (χ4v) is 5.55. The van der Waals surface area contributed by atoms with E-state index in [9.17, 15) is 9.59 Å². The maximum Gasteiger partial charge on any atom is 0.336 e. The number of anilines is 1. The molecule has 0 saturated heterocycles. The summed E-state index contributed by atoms with van der Waals surface area (Å²) in [5.41, 5.74) is 3.66. The Balaban J connectivity index is 1.52. The summed E-state index contributed by atoms with van der Waals surface area (Å²) in [5.74, 6) is 0.355. The van der Waals surface area contributed by atoms with Crippen molar-refractivity contribution in [1.82, 2.24) is 9.97 Å². The zero-order valence-electron chi connectivity index (χ0n) is 17.0. The molecule has 32 heavy (non-hydrogen) atoms. The molecule has 0 atom stereocenters. The fourth-order valence-electron chi connectivity index (χ4n) is 3.56. The lowest BCUT2D eigenvalue weighted by Gasteiger charge is -2.08. The van der Waals surface area contributed by atoms with E-state index in [-0.39, 0.29) is 5.91 Å². The van der Waals surface area contributed by atoms with Gasteiger partial charge in [-0.1, -0.05) is 30.3 Å². The number of carbonyl (C=O) groups is 1. The van der Waals surface area contributed by atoms with Gasteiger partial charge in [0.15, 0.2) is 0 Å². The fraction of sp³-hybridized carbons (Fsp3) is 0.0833. The van der Waals surface area contributed by atoms with Crippen molar-refractivity contribution in [2.24, 2.45) is 0 Å². The topological polar surface area (TPSA) is 85.1 Å². The number of hydrogen-bond acceptors (Lipinski definition) is 7. The highest BCUT2D eigenvalue weighted by Gasteiger charge is 2.15. The third-order valence-corrected chi connectivity index (χ3v) is 6.86. The van der Waals surface area contributed by atoms with Crippen LogP contribution >= 0.6 is 23.1 Å². The predicted molar refractivity (Wildman–Crippen MR) is 129 cm³/mol. The van der Waals surface area contributed by atoms with E-state index >= 15 is 0 Å². The molecule has 0 bridgehead atoms. The third-order valence-electron chi connectivity index (χ3n) is 4.94. The first-order chi connectivity index (χ1) is 15.6. The Morgan fingerprint density at radius 3 is 2.78 bits per heavy atom. The smallest absolute Gasteiger partial charge is 0.336 e. The van der Waals surface area contributed by atoms with Gasteiger partial charge in [-0.25, -0.2) is 14.8 Å². The Hall–Kier alpha value is -3.49. The molecule has 1 amide bonds. The molecule has 6 nitrogen and oxygen atoms in total. The van der Waals surface area contributed by atoms with E-state index in [0.29, 0.717) is 17.0 Å². The number of nitrogens with one attached hydrogen (secondary N) is 1. The predicted octanol–water partition coefficient (Wildman–Crippen LogP) is 5.72. The van der Waals surface area contributed by atoms with Crippen molar-refractivity contribution < 1.29 is 9.21 Å². The van der Waals surface area contributed by atoms with Crippen molar-refractivity contribution in [3.05, 3.63) is 82.3 Å². The average Bonchev–Trinajstić information content (AvgIpc) is 3.22. The zero-order valence-corrected chi connectivity index (χ0v) is 18.6. The van der Waals surface area contributed by atoms with Crippen LogP contribution < -0.4 is 10.9 Å². The lowest BCUT2D eigenvalue weighted by atomic mass is 10.1. The molecule has 3 heterocycles. The Bertz CT molecular complexity index is 1510. The number of benzene rings is 2. The second-order valence-corrected chi connectivity index (χ2v) is 8.97. The Morgan fingerprint density at radius 1 is 1.12 bits per heavy atom. The molecule has 158 valence electrons. The Labute approximate surface area is 191 Å². The molecule has 0 aliphatic heterocycles. The van der Waals surface area contributed by atoms with Crippen LogP contribution in [-0.2, 0) is 10.5 Å². The number of amides is 1. The number of aromatic nitrogens is 2. The normalized spacial score (nSPS) is 11.2. The first kappa shape index (κ1) is 20.4. The summed E-state index contributed by atoms with van der Waals surface area (Å²) in [6, 6.07) is 17.0. The standard InChI is InChI=1S/C24H17N3O3S2/c1-14(28)27-17-7-8-18-16(9-21(29)30-20(18)10-17)11-31-23-22-19(15-5-3-2-4-6-15)12-32-24(22)26-13-25-23/h2-10,12-13H,11H2,1H3,(H,27,28). The van der Waals surface area contributed by atoms with Crippen LogP contribution in [0.2, 0.25) is 0 Å². The van der Waals surface area contributed by atoms with Crippen LogP contribution in [0.25, 0.3) is 32.3 Å². The minimum Gasteiger partial charge on any atom is -0.423 e. The lowest BCUT2D eigenvalue weighted by molar-refractivity contribution is -0.114. The lowest BCUT2D eigenvalue weighted by Crippen LogP contribution is -2.06. The highest BCUT2D eigenvalue weighted by molar-refractivity contribution is 7.98. The highest BCUT2D eigenvalue weighted by Crippen LogP contribution is 2.39. The van der Waals surface area contributed by atoms with Gasteiger partial charge >= 0.3 is 5.63 Å². The zero-order chi connectivity index (χ0) is 22.1. The molecule has 0 saturated carbocycles. The van der Waals surface area contributed by atoms with Crippen molar-refractivity contribution in [2.45, 2.75) is 17.7 Å². The maximum atomic E-state index is 12.2. The van der Waals surface area contributed by atoms with Crippen LogP contribution in [0.4, 0.5) is 5.69 Å². The van der Waals surface area contributed by atoms with Gasteiger partial charge in [0.1, 0.15) is 21.8 Å². The quantitative estimate of drug-likeness (QED) is 0.206. The third kappa shape index (κ3) is 4.02. The van der Waals surface area contributed by atoms with E-state index in [1.807, 2.05) is 24.3 Å². The Morgan fingerprint density at radius 2 is 1.97 bits per heavy atom. The van der Waals surface area contributed by atoms with Gasteiger partial charge in [-0.2, -0.15) is 0 Å². The van der Waals surface area contributed by atoms with Gasteiger partial charge in [-0.15, -0.1) is 23.1 Å². The molecule has 5 aromatic rings. The molecule has 5 rings (SSSR count). The van der Waals surface area contributed by atoms with Gasteiger partial charge in [0.25, 0.3) is 0 Å². The monoisotopic (exact) mass is 459 g/mol. The molecule has 0 aliphatic carbocycles. The van der Waals surface area contributed by atoms with E-state index in [4.69, 9.17) is 4.42 Å². The number of carbonyl (C=O) groups excluding carboxylic acids is 1. The minimum absolute atomic E-state index is 0.184. The van der Waals surface area contributed by atoms with E-state index in [0.717, 1.165) is 37.3 Å². The largest absolute Gasteiger partial charge is 0.423 e. The SMILES string of the molecule is CC(=O)Nc1ccc2c(CSc3ncnc4scc(-c5ccccc5)c34)cc(=O)oc2c1. The minimum atomic E-state index is -0.429. The van der Waals surface area contributed by atoms with Crippen LogP contribution in [0.3, 0.4) is 0 Å². The van der Waals surface area contributed by atoms with Gasteiger partial charge in [-0.3, -0.25) is 4.79 Å². The summed E-state index contributed by atoms with van der Waals surface area (Å²) in [4.78, 5) is 33.4. The molecule has 1 N–H and O–H groups in total. The van der Waals surface area contributed by atoms with Crippen LogP contribution in [-0.4, -0.2) is 15.9 Å². The molecule has 0 fully saturated rings. The van der Waals surface area contributed by atoms with Gasteiger partial charge in [0.2, 0.25) is 5.91 Å². The maximum absolute atomic E-state index is 12.2. The molecular weight excluding hydrogens is 442 g/mol. The number of fused-ring (bicyclic) bond motifs is 2. The average molecular weight is 460 g/mol. The molecule has 2 aromatic carbocycles. The van der Waals surface area contributed by atoms with Crippen LogP contribution in [0, 0.1) is 0 Å². The summed E-state index contributed by atoms with van der Waals surface area (Å²) >= 11 is 3.15. The van der Waals surface area contributed by atoms with E-state index < -0.39 is 5.63 Å².